The van der Waals surface area contributed by atoms with Gasteiger partial charge in [0.2, 0.25) is 5.91 Å². The predicted octanol–water partition coefficient (Wildman–Crippen LogP) is 3.44. The van der Waals surface area contributed by atoms with Gasteiger partial charge in [0, 0.05) is 31.0 Å². The van der Waals surface area contributed by atoms with Crippen molar-refractivity contribution < 1.29 is 4.79 Å². The summed E-state index contributed by atoms with van der Waals surface area (Å²) in [4.78, 5) is 16.5. The zero-order valence-corrected chi connectivity index (χ0v) is 19.2. The molecule has 0 aliphatic heterocycles. The Labute approximate surface area is 181 Å². The molecule has 0 unspecified atom stereocenters. The topological polar surface area (TPSA) is 65.5 Å². The number of nitrogens with zero attached hydrogens (tertiary/aromatic N) is 1. The number of benzene rings is 1. The molecule has 1 aromatic carbocycles. The molecule has 0 saturated heterocycles. The molecule has 3 N–H and O–H groups in total. The van der Waals surface area contributed by atoms with Crippen molar-refractivity contribution in [2.24, 2.45) is 10.9 Å². The molecule has 1 aromatic rings. The fourth-order valence-electron chi connectivity index (χ4n) is 3.19. The van der Waals surface area contributed by atoms with Gasteiger partial charge in [-0.2, -0.15) is 0 Å². The van der Waals surface area contributed by atoms with Crippen LogP contribution in [-0.4, -0.2) is 38.0 Å². The minimum atomic E-state index is 0. The molecule has 0 aromatic heterocycles. The Morgan fingerprint density at radius 1 is 1.04 bits per heavy atom. The maximum Gasteiger partial charge on any atom is 0.223 e. The number of carbonyl (C=O) groups excluding carboxylic acids is 1. The smallest absolute Gasteiger partial charge is 0.223 e. The molecule has 0 heterocycles. The molecule has 0 radical (unpaired) electrons. The molecule has 1 fully saturated rings. The number of hydrogen-bond acceptors (Lipinski definition) is 2. The van der Waals surface area contributed by atoms with E-state index in [0.29, 0.717) is 13.1 Å². The van der Waals surface area contributed by atoms with Gasteiger partial charge in [-0.3, -0.25) is 9.79 Å². The maximum absolute atomic E-state index is 11.7. The molecular weight excluding hydrogens is 451 g/mol. The second-order valence-electron chi connectivity index (χ2n) is 7.04. The number of nitrogens with one attached hydrogen (secondary N) is 3. The molecule has 1 saturated carbocycles. The van der Waals surface area contributed by atoms with Crippen molar-refractivity contribution in [1.29, 1.82) is 0 Å². The fourth-order valence-corrected chi connectivity index (χ4v) is 3.19. The second-order valence-corrected chi connectivity index (χ2v) is 7.04. The van der Waals surface area contributed by atoms with Crippen molar-refractivity contribution in [3.05, 3.63) is 35.9 Å². The number of carbonyl (C=O) groups is 1. The summed E-state index contributed by atoms with van der Waals surface area (Å²) in [5.74, 6) is 1.27. The van der Waals surface area contributed by atoms with E-state index in [1.807, 2.05) is 0 Å². The number of aliphatic imine (C=N–C) groups is 1. The third-order valence-electron chi connectivity index (χ3n) is 5.29. The second kappa shape index (κ2) is 12.2. The van der Waals surface area contributed by atoms with Gasteiger partial charge in [0.1, 0.15) is 0 Å². The van der Waals surface area contributed by atoms with Crippen LogP contribution >= 0.6 is 24.0 Å². The van der Waals surface area contributed by atoms with Crippen LogP contribution in [0.25, 0.3) is 0 Å². The van der Waals surface area contributed by atoms with E-state index in [1.165, 1.54) is 5.56 Å². The lowest BCUT2D eigenvalue weighted by Gasteiger charge is -2.31. The van der Waals surface area contributed by atoms with Crippen molar-refractivity contribution in [2.45, 2.75) is 51.9 Å². The van der Waals surface area contributed by atoms with Gasteiger partial charge in [0.25, 0.3) is 0 Å². The van der Waals surface area contributed by atoms with Crippen LogP contribution in [0.1, 0.15) is 52.0 Å². The van der Waals surface area contributed by atoms with Crippen LogP contribution in [0.15, 0.2) is 35.3 Å². The molecule has 5 nitrogen and oxygen atoms in total. The summed E-state index contributed by atoms with van der Waals surface area (Å²) in [5.41, 5.74) is 1.41. The molecule has 6 heteroatoms. The number of amides is 1. The molecule has 1 aliphatic carbocycles. The van der Waals surface area contributed by atoms with E-state index >= 15 is 0 Å². The van der Waals surface area contributed by atoms with E-state index in [2.05, 4.69) is 67.1 Å². The number of guanidine groups is 1. The third-order valence-corrected chi connectivity index (χ3v) is 5.29. The van der Waals surface area contributed by atoms with Crippen LogP contribution in [0.5, 0.6) is 0 Å². The summed E-state index contributed by atoms with van der Waals surface area (Å²) in [6, 6.07) is 10.7. The van der Waals surface area contributed by atoms with Crippen LogP contribution < -0.4 is 16.0 Å². The van der Waals surface area contributed by atoms with Gasteiger partial charge in [-0.05, 0) is 38.2 Å². The van der Waals surface area contributed by atoms with Crippen molar-refractivity contribution in [1.82, 2.24) is 16.0 Å². The van der Waals surface area contributed by atoms with Gasteiger partial charge in [0.15, 0.2) is 5.96 Å². The van der Waals surface area contributed by atoms with Gasteiger partial charge in [-0.15, -0.1) is 24.0 Å². The lowest BCUT2D eigenvalue weighted by atomic mass is 9.76. The molecule has 0 spiro atoms. The third kappa shape index (κ3) is 7.31. The first-order valence-electron chi connectivity index (χ1n) is 10.0. The first kappa shape index (κ1) is 23.7. The van der Waals surface area contributed by atoms with Crippen LogP contribution in [-0.2, 0) is 10.2 Å². The Balaban J connectivity index is 0.00000364. The molecule has 0 bridgehead atoms. The maximum atomic E-state index is 11.7. The predicted molar refractivity (Wildman–Crippen MR) is 124 cm³/mol. The van der Waals surface area contributed by atoms with E-state index in [-0.39, 0.29) is 41.2 Å². The zero-order chi connectivity index (χ0) is 18.8. The number of halogens is 1. The van der Waals surface area contributed by atoms with Crippen molar-refractivity contribution in [3.8, 4) is 0 Å². The van der Waals surface area contributed by atoms with Crippen LogP contribution in [0.2, 0.25) is 0 Å². The van der Waals surface area contributed by atoms with E-state index in [1.54, 1.807) is 0 Å². The van der Waals surface area contributed by atoms with E-state index in [4.69, 9.17) is 4.99 Å². The van der Waals surface area contributed by atoms with Crippen LogP contribution in [0, 0.1) is 5.92 Å². The lowest BCUT2D eigenvalue weighted by molar-refractivity contribution is -0.122. The minimum Gasteiger partial charge on any atom is -0.357 e. The van der Waals surface area contributed by atoms with Crippen molar-refractivity contribution in [3.63, 3.8) is 0 Å². The Kier molecular flexibility index (Phi) is 10.7. The first-order valence-corrected chi connectivity index (χ1v) is 10.0. The lowest BCUT2D eigenvalue weighted by Crippen LogP contribution is -2.42. The SMILES string of the molecule is CCNC(=NCC(CC)(CC)c1ccccc1)NCCNC(=O)C1CC1.I. The quantitative estimate of drug-likeness (QED) is 0.206. The Bertz CT molecular complexity index is 583. The highest BCUT2D eigenvalue weighted by molar-refractivity contribution is 14.0. The summed E-state index contributed by atoms with van der Waals surface area (Å²) in [5, 5.41) is 9.61. The molecule has 0 atom stereocenters. The zero-order valence-electron chi connectivity index (χ0n) is 16.9. The van der Waals surface area contributed by atoms with Gasteiger partial charge >= 0.3 is 0 Å². The number of hydrogen-bond donors (Lipinski definition) is 3. The summed E-state index contributed by atoms with van der Waals surface area (Å²) in [7, 11) is 0. The Morgan fingerprint density at radius 3 is 2.22 bits per heavy atom. The van der Waals surface area contributed by atoms with E-state index in [0.717, 1.165) is 44.7 Å². The van der Waals surface area contributed by atoms with Gasteiger partial charge < -0.3 is 16.0 Å². The average Bonchev–Trinajstić information content (AvgIpc) is 3.52. The molecule has 2 rings (SSSR count). The Morgan fingerprint density at radius 2 is 1.67 bits per heavy atom. The average molecular weight is 486 g/mol. The highest BCUT2D eigenvalue weighted by Crippen LogP contribution is 2.32. The monoisotopic (exact) mass is 486 g/mol. The highest BCUT2D eigenvalue weighted by Gasteiger charge is 2.29. The summed E-state index contributed by atoms with van der Waals surface area (Å²) in [6.07, 6.45) is 4.18. The van der Waals surface area contributed by atoms with Gasteiger partial charge in [-0.1, -0.05) is 44.2 Å². The minimum absolute atomic E-state index is 0. The molecule has 1 amide bonds. The van der Waals surface area contributed by atoms with Crippen molar-refractivity contribution in [2.75, 3.05) is 26.2 Å². The molecule has 1 aliphatic rings. The molecule has 27 heavy (non-hydrogen) atoms. The van der Waals surface area contributed by atoms with Crippen LogP contribution in [0.4, 0.5) is 0 Å². The van der Waals surface area contributed by atoms with Crippen LogP contribution in [0.3, 0.4) is 0 Å². The summed E-state index contributed by atoms with van der Waals surface area (Å²) in [6.45, 7) is 9.41. The highest BCUT2D eigenvalue weighted by atomic mass is 127. The molecular formula is C21H35IN4O. The fraction of sp³-hybridized carbons (Fsp3) is 0.619. The van der Waals surface area contributed by atoms with Gasteiger partial charge in [-0.25, -0.2) is 0 Å². The first-order chi connectivity index (χ1) is 12.6. The largest absolute Gasteiger partial charge is 0.357 e. The molecule has 152 valence electrons. The number of rotatable bonds is 10. The standard InChI is InChI=1S/C21H34N4O.HI/c1-4-21(5-2,18-10-8-7-9-11-18)16-25-20(22-6-3)24-15-14-23-19(26)17-12-13-17;/h7-11,17H,4-6,12-16H2,1-3H3,(H,23,26)(H2,22,24,25);1H. The van der Waals surface area contributed by atoms with Crippen molar-refractivity contribution >= 4 is 35.8 Å². The summed E-state index contributed by atoms with van der Waals surface area (Å²) < 4.78 is 0. The summed E-state index contributed by atoms with van der Waals surface area (Å²) >= 11 is 0. The van der Waals surface area contributed by atoms with E-state index < -0.39 is 0 Å². The van der Waals surface area contributed by atoms with E-state index in [9.17, 15) is 4.79 Å². The Hall–Kier alpha value is -1.31. The normalized spacial score (nSPS) is 14.3. The van der Waals surface area contributed by atoms with Gasteiger partial charge in [0.05, 0.1) is 6.54 Å².